The molecule has 40 heavy (non-hydrogen) atoms. The van der Waals surface area contributed by atoms with E-state index in [0.29, 0.717) is 6.42 Å². The number of aromatic carboxylic acids is 1. The monoisotopic (exact) mass is 547 g/mol. The van der Waals surface area contributed by atoms with Crippen LogP contribution in [0.1, 0.15) is 54.0 Å². The van der Waals surface area contributed by atoms with E-state index in [4.69, 9.17) is 10.2 Å². The average Bonchev–Trinajstić information content (AvgIpc) is 3.44. The van der Waals surface area contributed by atoms with Gasteiger partial charge in [0.15, 0.2) is 5.69 Å². The highest BCUT2D eigenvalue weighted by molar-refractivity contribution is 6.04. The molecule has 0 radical (unpaired) electrons. The van der Waals surface area contributed by atoms with E-state index >= 15 is 0 Å². The van der Waals surface area contributed by atoms with E-state index < -0.39 is 30.0 Å². The molecule has 1 unspecified atom stereocenters. The van der Waals surface area contributed by atoms with Crippen molar-refractivity contribution in [1.29, 1.82) is 0 Å². The number of amides is 3. The van der Waals surface area contributed by atoms with Gasteiger partial charge in [-0.1, -0.05) is 44.2 Å². The Bertz CT molecular complexity index is 1560. The number of phenolic OH excluding ortho intramolecular Hbond substituents is 1. The number of para-hydroxylation sites is 3. The topological polar surface area (TPSA) is 164 Å². The predicted molar refractivity (Wildman–Crippen MR) is 149 cm³/mol. The number of anilines is 1. The van der Waals surface area contributed by atoms with Crippen molar-refractivity contribution >= 4 is 34.5 Å². The third kappa shape index (κ3) is 5.84. The van der Waals surface area contributed by atoms with Crippen LogP contribution in [-0.4, -0.2) is 48.6 Å². The molecule has 2 heterocycles. The number of carbonyl (C=O) groups excluding carboxylic acids is 2. The van der Waals surface area contributed by atoms with Crippen LogP contribution >= 0.6 is 0 Å². The number of aryl methyl sites for hydroxylation is 2. The first-order chi connectivity index (χ1) is 19.0. The van der Waals surface area contributed by atoms with Gasteiger partial charge in [-0.3, -0.25) is 4.79 Å². The highest BCUT2D eigenvalue weighted by Gasteiger charge is 2.38. The number of rotatable bonds is 9. The number of oxazole rings is 1. The van der Waals surface area contributed by atoms with Crippen molar-refractivity contribution in [2.45, 2.75) is 45.7 Å². The predicted octanol–water partition coefficient (Wildman–Crippen LogP) is 4.60. The summed E-state index contributed by atoms with van der Waals surface area (Å²) < 4.78 is 7.70. The van der Waals surface area contributed by atoms with Crippen molar-refractivity contribution in [1.82, 2.24) is 14.5 Å². The van der Waals surface area contributed by atoms with E-state index in [1.165, 1.54) is 19.1 Å². The minimum Gasteiger partial charge on any atom is -0.506 e. The van der Waals surface area contributed by atoms with Crippen LogP contribution in [0.2, 0.25) is 0 Å². The van der Waals surface area contributed by atoms with Gasteiger partial charge in [0.1, 0.15) is 17.6 Å². The van der Waals surface area contributed by atoms with E-state index in [2.05, 4.69) is 10.3 Å². The molecule has 2 aromatic heterocycles. The largest absolute Gasteiger partial charge is 0.506 e. The third-order valence-corrected chi connectivity index (χ3v) is 6.65. The van der Waals surface area contributed by atoms with Crippen molar-refractivity contribution in [2.75, 3.05) is 5.32 Å². The molecule has 2 atom stereocenters. The molecule has 0 aliphatic carbocycles. The van der Waals surface area contributed by atoms with Crippen LogP contribution in [0, 0.1) is 12.8 Å². The number of urea groups is 1. The Kier molecular flexibility index (Phi) is 8.24. The first kappa shape index (κ1) is 28.4. The lowest BCUT2D eigenvalue weighted by atomic mass is 10.00. The number of carboxylic acids is 1. The summed E-state index contributed by atoms with van der Waals surface area (Å²) in [4.78, 5) is 44.6. The van der Waals surface area contributed by atoms with Gasteiger partial charge < -0.3 is 30.2 Å². The van der Waals surface area contributed by atoms with Crippen molar-refractivity contribution < 1.29 is 29.0 Å². The van der Waals surface area contributed by atoms with Crippen molar-refractivity contribution in [2.24, 2.45) is 18.7 Å². The van der Waals surface area contributed by atoms with Crippen LogP contribution in [0.25, 0.3) is 10.9 Å². The number of carbonyl (C=O) groups is 3. The van der Waals surface area contributed by atoms with Crippen molar-refractivity contribution in [3.05, 3.63) is 77.6 Å². The lowest BCUT2D eigenvalue weighted by molar-refractivity contribution is -0.132. The molecular formula is C29H33N5O6. The summed E-state index contributed by atoms with van der Waals surface area (Å²) in [6.45, 7) is 5.27. The minimum atomic E-state index is -1.30. The number of imide groups is 1. The molecule has 4 aromatic rings. The second-order valence-corrected chi connectivity index (χ2v) is 10.2. The van der Waals surface area contributed by atoms with E-state index in [-0.39, 0.29) is 41.1 Å². The molecule has 210 valence electrons. The Hall–Kier alpha value is -4.64. The fourth-order valence-corrected chi connectivity index (χ4v) is 4.78. The van der Waals surface area contributed by atoms with Crippen LogP contribution in [0.15, 0.2) is 59.1 Å². The summed E-state index contributed by atoms with van der Waals surface area (Å²) in [7, 11) is 1.88. The van der Waals surface area contributed by atoms with Crippen molar-refractivity contribution in [3.63, 3.8) is 0 Å². The standard InChI is InChI=1S/C29H33N5O6/c1-16(2)13-20(30)27(36)34(29(39)31-21-10-6-8-12-24(21)35)23(26-32-25(28(37)38)17(3)40-26)14-18-15-33(4)22-11-7-5-9-19(18)22/h5-12,15-16,20,23,35H,13-14,30H2,1-4H3,(H,31,39)(H,37,38)/t20?,23-/m1/s1. The zero-order valence-corrected chi connectivity index (χ0v) is 22.8. The first-order valence-corrected chi connectivity index (χ1v) is 12.9. The molecule has 0 aliphatic heterocycles. The SMILES string of the molecule is Cc1oc([C@@H](Cc2cn(C)c3ccccc23)N(C(=O)Nc2ccccc2O)C(=O)C(N)CC(C)C)nc1C(=O)O. The number of aromatic hydroxyl groups is 1. The maximum absolute atomic E-state index is 13.9. The molecule has 0 fully saturated rings. The number of aromatic nitrogens is 2. The fourth-order valence-electron chi connectivity index (χ4n) is 4.78. The van der Waals surface area contributed by atoms with Crippen LogP contribution in [0.3, 0.4) is 0 Å². The van der Waals surface area contributed by atoms with Crippen LogP contribution in [0.4, 0.5) is 10.5 Å². The molecule has 0 aliphatic rings. The summed E-state index contributed by atoms with van der Waals surface area (Å²) in [5, 5.41) is 23.4. The van der Waals surface area contributed by atoms with Gasteiger partial charge in [0.2, 0.25) is 11.8 Å². The number of hydrogen-bond acceptors (Lipinski definition) is 7. The molecule has 3 amide bonds. The molecule has 2 aromatic carbocycles. The Morgan fingerprint density at radius 1 is 1.12 bits per heavy atom. The molecule has 5 N–H and O–H groups in total. The quantitative estimate of drug-likeness (QED) is 0.221. The molecule has 4 rings (SSSR count). The summed E-state index contributed by atoms with van der Waals surface area (Å²) in [5.74, 6) is -2.23. The van der Waals surface area contributed by atoms with Gasteiger partial charge in [0.25, 0.3) is 0 Å². The molecule has 11 nitrogen and oxygen atoms in total. The number of phenols is 1. The number of carboxylic acid groups (broad SMARTS) is 1. The zero-order chi connectivity index (χ0) is 29.1. The number of nitrogens with one attached hydrogen (secondary N) is 1. The number of benzene rings is 2. The van der Waals surface area contributed by atoms with Gasteiger partial charge in [0, 0.05) is 30.6 Å². The van der Waals surface area contributed by atoms with E-state index in [1.54, 1.807) is 12.1 Å². The fraction of sp³-hybridized carbons (Fsp3) is 0.310. The molecule has 0 spiro atoms. The van der Waals surface area contributed by atoms with Crippen LogP contribution < -0.4 is 11.1 Å². The molecule has 0 saturated carbocycles. The van der Waals surface area contributed by atoms with Gasteiger partial charge in [0.05, 0.1) is 11.7 Å². The average molecular weight is 548 g/mol. The van der Waals surface area contributed by atoms with E-state index in [1.807, 2.05) is 55.9 Å². The zero-order valence-electron chi connectivity index (χ0n) is 22.8. The maximum Gasteiger partial charge on any atom is 0.358 e. The Balaban J connectivity index is 1.87. The highest BCUT2D eigenvalue weighted by atomic mass is 16.4. The van der Waals surface area contributed by atoms with Gasteiger partial charge in [-0.2, -0.15) is 0 Å². The summed E-state index contributed by atoms with van der Waals surface area (Å²) >= 11 is 0. The number of fused-ring (bicyclic) bond motifs is 1. The first-order valence-electron chi connectivity index (χ1n) is 12.9. The molecule has 0 bridgehead atoms. The lowest BCUT2D eigenvalue weighted by Gasteiger charge is -2.31. The second-order valence-electron chi connectivity index (χ2n) is 10.2. The Morgan fingerprint density at radius 2 is 1.80 bits per heavy atom. The normalized spacial score (nSPS) is 12.8. The number of nitrogens with two attached hydrogens (primary N) is 1. The van der Waals surface area contributed by atoms with E-state index in [0.717, 1.165) is 21.4 Å². The van der Waals surface area contributed by atoms with Crippen LogP contribution in [-0.2, 0) is 18.3 Å². The summed E-state index contributed by atoms with van der Waals surface area (Å²) in [6.07, 6.45) is 2.24. The smallest absolute Gasteiger partial charge is 0.358 e. The Labute approximate surface area is 231 Å². The highest BCUT2D eigenvalue weighted by Crippen LogP contribution is 2.33. The minimum absolute atomic E-state index is 0.0328. The van der Waals surface area contributed by atoms with Crippen LogP contribution in [0.5, 0.6) is 5.75 Å². The third-order valence-electron chi connectivity index (χ3n) is 6.65. The maximum atomic E-state index is 13.9. The molecule has 11 heteroatoms. The molecule has 0 saturated heterocycles. The number of hydrogen-bond donors (Lipinski definition) is 4. The van der Waals surface area contributed by atoms with Crippen molar-refractivity contribution in [3.8, 4) is 5.75 Å². The van der Waals surface area contributed by atoms with Gasteiger partial charge >= 0.3 is 12.0 Å². The summed E-state index contributed by atoms with van der Waals surface area (Å²) in [5.41, 5.74) is 7.77. The second kappa shape index (κ2) is 11.6. The van der Waals surface area contributed by atoms with Gasteiger partial charge in [-0.25, -0.2) is 19.5 Å². The van der Waals surface area contributed by atoms with Gasteiger partial charge in [-0.05, 0) is 43.0 Å². The van der Waals surface area contributed by atoms with E-state index in [9.17, 15) is 24.6 Å². The lowest BCUT2D eigenvalue weighted by Crippen LogP contribution is -2.51. The molecular weight excluding hydrogens is 514 g/mol. The Morgan fingerprint density at radius 3 is 2.45 bits per heavy atom. The summed E-state index contributed by atoms with van der Waals surface area (Å²) in [6, 6.07) is 10.7. The van der Waals surface area contributed by atoms with Gasteiger partial charge in [-0.15, -0.1) is 0 Å². The number of nitrogens with zero attached hydrogens (tertiary/aromatic N) is 3.